The van der Waals surface area contributed by atoms with Crippen molar-refractivity contribution in [3.8, 4) is 0 Å². The Bertz CT molecular complexity index is 887. The lowest BCUT2D eigenvalue weighted by molar-refractivity contribution is 0.104. The van der Waals surface area contributed by atoms with E-state index in [1.807, 2.05) is 5.01 Å². The molecule has 0 aromatic heterocycles. The van der Waals surface area contributed by atoms with E-state index in [2.05, 4.69) is 36.4 Å². The molecule has 0 spiro atoms. The fourth-order valence-electron chi connectivity index (χ4n) is 5.81. The number of rotatable bonds is 10. The molecule has 32 heavy (non-hydrogen) atoms. The van der Waals surface area contributed by atoms with Crippen LogP contribution in [0.25, 0.3) is 0 Å². The largest absolute Gasteiger partial charge is 0.395 e. The number of anilines is 1. The molecule has 1 heterocycles. The molecule has 3 N–H and O–H groups in total. The molecule has 3 aliphatic rings. The number of allylic oxidation sites excluding steroid dienone is 4. The smallest absolute Gasteiger partial charge is 0.123 e. The van der Waals surface area contributed by atoms with Gasteiger partial charge in [0, 0.05) is 36.8 Å². The molecule has 0 radical (unpaired) electrons. The Kier molecular flexibility index (Phi) is 7.33. The van der Waals surface area contributed by atoms with E-state index in [1.54, 1.807) is 17.7 Å². The minimum absolute atomic E-state index is 0.124. The van der Waals surface area contributed by atoms with Gasteiger partial charge in [-0.25, -0.2) is 4.39 Å². The summed E-state index contributed by atoms with van der Waals surface area (Å²) in [7, 11) is 0. The van der Waals surface area contributed by atoms with Gasteiger partial charge in [0.15, 0.2) is 0 Å². The van der Waals surface area contributed by atoms with Crippen LogP contribution < -0.4 is 10.4 Å². The van der Waals surface area contributed by atoms with Gasteiger partial charge in [-0.2, -0.15) is 0 Å². The lowest BCUT2D eigenvalue weighted by Crippen LogP contribution is -2.40. The van der Waals surface area contributed by atoms with Crippen molar-refractivity contribution in [2.75, 3.05) is 31.3 Å². The fraction of sp³-hybridized carbons (Fsp3) is 0.538. The summed E-state index contributed by atoms with van der Waals surface area (Å²) in [5.41, 5.74) is 9.75. The van der Waals surface area contributed by atoms with Crippen molar-refractivity contribution in [2.45, 2.75) is 52.0 Å². The second kappa shape index (κ2) is 10.2. The van der Waals surface area contributed by atoms with E-state index < -0.39 is 0 Å². The van der Waals surface area contributed by atoms with Crippen LogP contribution in [0.15, 0.2) is 59.0 Å². The molecular weight excluding hydrogens is 405 g/mol. The number of fused-ring (bicyclic) bond motifs is 1. The van der Waals surface area contributed by atoms with E-state index in [-0.39, 0.29) is 19.0 Å². The molecule has 6 heteroatoms. The van der Waals surface area contributed by atoms with Gasteiger partial charge in [-0.15, -0.1) is 0 Å². The monoisotopic (exact) mass is 441 g/mol. The zero-order valence-electron chi connectivity index (χ0n) is 19.2. The Balaban J connectivity index is 1.57. The average Bonchev–Trinajstić information content (AvgIpc) is 3.39. The molecular formula is C26H36FN3O2. The van der Waals surface area contributed by atoms with Gasteiger partial charge in [-0.1, -0.05) is 25.8 Å². The van der Waals surface area contributed by atoms with Crippen molar-refractivity contribution in [1.82, 2.24) is 10.3 Å². The van der Waals surface area contributed by atoms with Gasteiger partial charge in [0.2, 0.25) is 0 Å². The number of benzene rings is 1. The van der Waals surface area contributed by atoms with Crippen LogP contribution in [0.3, 0.4) is 0 Å². The third-order valence-corrected chi connectivity index (χ3v) is 7.26. The Morgan fingerprint density at radius 3 is 2.56 bits per heavy atom. The van der Waals surface area contributed by atoms with E-state index in [0.717, 1.165) is 43.5 Å². The van der Waals surface area contributed by atoms with Crippen molar-refractivity contribution in [3.05, 3.63) is 64.8 Å². The van der Waals surface area contributed by atoms with Gasteiger partial charge in [0.1, 0.15) is 5.82 Å². The van der Waals surface area contributed by atoms with Crippen LogP contribution in [0.4, 0.5) is 10.1 Å². The lowest BCUT2D eigenvalue weighted by Gasteiger charge is -2.35. The Hall–Kier alpha value is -2.15. The van der Waals surface area contributed by atoms with Gasteiger partial charge in [-0.05, 0) is 67.5 Å². The molecule has 1 aromatic carbocycles. The summed E-state index contributed by atoms with van der Waals surface area (Å²) >= 11 is 0. The molecule has 0 fully saturated rings. The van der Waals surface area contributed by atoms with E-state index in [4.69, 9.17) is 0 Å². The molecule has 4 rings (SSSR count). The minimum Gasteiger partial charge on any atom is -0.395 e. The quantitative estimate of drug-likeness (QED) is 0.510. The molecule has 5 nitrogen and oxygen atoms in total. The molecule has 0 bridgehead atoms. The maximum atomic E-state index is 13.4. The highest BCUT2D eigenvalue weighted by molar-refractivity contribution is 5.64. The van der Waals surface area contributed by atoms with Crippen molar-refractivity contribution < 1.29 is 14.6 Å². The first-order valence-electron chi connectivity index (χ1n) is 12.0. The summed E-state index contributed by atoms with van der Waals surface area (Å²) in [5, 5.41) is 21.1. The average molecular weight is 442 g/mol. The van der Waals surface area contributed by atoms with E-state index >= 15 is 0 Å². The van der Waals surface area contributed by atoms with E-state index in [1.165, 1.54) is 23.3 Å². The van der Waals surface area contributed by atoms with Crippen LogP contribution in [0, 0.1) is 17.7 Å². The maximum Gasteiger partial charge on any atom is 0.123 e. The van der Waals surface area contributed by atoms with Gasteiger partial charge in [0.05, 0.1) is 24.6 Å². The first kappa shape index (κ1) is 23.0. The molecule has 1 unspecified atom stereocenters. The van der Waals surface area contributed by atoms with E-state index in [9.17, 15) is 14.6 Å². The highest BCUT2D eigenvalue weighted by Crippen LogP contribution is 2.49. The standard InChI is InChI=1S/C26H36FN3O2/c1-3-4-23(29(11-13-31)12-14-32)15-19-5-6-20-16-25-24(18(2)26(19)20)17-28-30(25)22-9-7-21(27)8-10-22/h7-10,16-19,23,28,31-32H,3-6,11-15H2,1-2H3/t18-,19+,23?/m0/s1. The predicted molar refractivity (Wildman–Crippen MR) is 126 cm³/mol. The highest BCUT2D eigenvalue weighted by atomic mass is 19.1. The maximum absolute atomic E-state index is 13.4. The van der Waals surface area contributed by atoms with Gasteiger partial charge in [-0.3, -0.25) is 9.91 Å². The summed E-state index contributed by atoms with van der Waals surface area (Å²) in [6, 6.07) is 6.98. The number of nitrogens with one attached hydrogen (secondary N) is 1. The second-order valence-corrected chi connectivity index (χ2v) is 9.17. The molecule has 0 amide bonds. The third kappa shape index (κ3) is 4.49. The van der Waals surface area contributed by atoms with E-state index in [0.29, 0.717) is 31.0 Å². The summed E-state index contributed by atoms with van der Waals surface area (Å²) in [4.78, 5) is 2.27. The second-order valence-electron chi connectivity index (χ2n) is 9.17. The van der Waals surface area contributed by atoms with Crippen LogP contribution in [-0.2, 0) is 0 Å². The molecule has 1 aromatic rings. The lowest BCUT2D eigenvalue weighted by atomic mass is 9.78. The molecule has 0 saturated carbocycles. The number of aliphatic hydroxyl groups is 2. The molecule has 0 saturated heterocycles. The minimum atomic E-state index is -0.228. The van der Waals surface area contributed by atoms with Gasteiger partial charge >= 0.3 is 0 Å². The number of hydrogen-bond donors (Lipinski definition) is 3. The zero-order chi connectivity index (χ0) is 22.7. The molecule has 3 atom stereocenters. The van der Waals surface area contributed by atoms with Crippen LogP contribution >= 0.6 is 0 Å². The van der Waals surface area contributed by atoms with Crippen molar-refractivity contribution in [2.24, 2.45) is 11.8 Å². The number of hydrazine groups is 1. The zero-order valence-corrected chi connectivity index (χ0v) is 19.2. The van der Waals surface area contributed by atoms with Crippen LogP contribution in [-0.4, -0.2) is 47.5 Å². The first-order chi connectivity index (χ1) is 15.6. The van der Waals surface area contributed by atoms with Crippen LogP contribution in [0.1, 0.15) is 46.0 Å². The van der Waals surface area contributed by atoms with Crippen LogP contribution in [0.5, 0.6) is 0 Å². The van der Waals surface area contributed by atoms with Crippen molar-refractivity contribution in [3.63, 3.8) is 0 Å². The topological polar surface area (TPSA) is 59.0 Å². The molecule has 2 aliphatic carbocycles. The highest BCUT2D eigenvalue weighted by Gasteiger charge is 2.39. The summed E-state index contributed by atoms with van der Waals surface area (Å²) in [6.07, 6.45) is 9.89. The summed E-state index contributed by atoms with van der Waals surface area (Å²) in [5.74, 6) is 0.630. The van der Waals surface area contributed by atoms with Crippen LogP contribution in [0.2, 0.25) is 0 Å². The van der Waals surface area contributed by atoms with Crippen molar-refractivity contribution in [1.29, 1.82) is 0 Å². The third-order valence-electron chi connectivity index (χ3n) is 7.26. The molecule has 1 aliphatic heterocycles. The fourth-order valence-corrected chi connectivity index (χ4v) is 5.81. The van der Waals surface area contributed by atoms with Crippen molar-refractivity contribution >= 4 is 5.69 Å². The SMILES string of the molecule is CCCC(C[C@H]1CCC2=C1[C@@H](C)C1=CNN(c3ccc(F)cc3)C1=C2)N(CCO)CCO. The molecule has 174 valence electrons. The van der Waals surface area contributed by atoms with Gasteiger partial charge < -0.3 is 15.6 Å². The predicted octanol–water partition coefficient (Wildman–Crippen LogP) is 4.12. The first-order valence-corrected chi connectivity index (χ1v) is 12.0. The normalized spacial score (nSPS) is 23.1. The number of nitrogens with zero attached hydrogens (tertiary/aromatic N) is 2. The summed E-state index contributed by atoms with van der Waals surface area (Å²) < 4.78 is 13.4. The Labute approximate surface area is 190 Å². The summed E-state index contributed by atoms with van der Waals surface area (Å²) in [6.45, 7) is 5.99. The van der Waals surface area contributed by atoms with Gasteiger partial charge in [0.25, 0.3) is 0 Å². The number of aliphatic hydroxyl groups excluding tert-OH is 2. The number of hydrogen-bond acceptors (Lipinski definition) is 5. The Morgan fingerprint density at radius 1 is 1.19 bits per heavy atom. The number of halogens is 1. The Morgan fingerprint density at radius 2 is 1.91 bits per heavy atom.